The molecule has 1 aromatic heterocycles. The van der Waals surface area contributed by atoms with Gasteiger partial charge in [0.15, 0.2) is 0 Å². The maximum absolute atomic E-state index is 5.53. The highest BCUT2D eigenvalue weighted by Crippen LogP contribution is 2.10. The summed E-state index contributed by atoms with van der Waals surface area (Å²) in [5, 5.41) is 0. The lowest BCUT2D eigenvalue weighted by Crippen LogP contribution is -2.06. The Kier molecular flexibility index (Phi) is 2.65. The number of anilines is 1. The molecule has 2 N–H and O–H groups in total. The van der Waals surface area contributed by atoms with E-state index in [9.17, 15) is 0 Å². The molecule has 1 aliphatic rings. The molecule has 0 radical (unpaired) electrons. The number of hydrogen-bond acceptors (Lipinski definition) is 3. The van der Waals surface area contributed by atoms with Gasteiger partial charge in [0.05, 0.1) is 5.69 Å². The van der Waals surface area contributed by atoms with Crippen LogP contribution < -0.4 is 5.73 Å². The Morgan fingerprint density at radius 1 is 1.33 bits per heavy atom. The van der Waals surface area contributed by atoms with Crippen LogP contribution in [0.25, 0.3) is 0 Å². The third-order valence-electron chi connectivity index (χ3n) is 1.74. The van der Waals surface area contributed by atoms with E-state index in [1.165, 1.54) is 0 Å². The van der Waals surface area contributed by atoms with Gasteiger partial charge in [-0.2, -0.15) is 0 Å². The van der Waals surface area contributed by atoms with E-state index in [4.69, 9.17) is 5.73 Å². The van der Waals surface area contributed by atoms with E-state index in [2.05, 4.69) is 9.98 Å². The fraction of sp³-hybridized carbons (Fsp3) is 0.250. The second-order valence-electron chi connectivity index (χ2n) is 2.56. The normalized spacial score (nSPS) is 13.3. The van der Waals surface area contributed by atoms with E-state index < -0.39 is 0 Å². The van der Waals surface area contributed by atoms with Gasteiger partial charge in [-0.3, -0.25) is 4.99 Å². The van der Waals surface area contributed by atoms with Crippen LogP contribution in [0.1, 0.15) is 11.3 Å². The summed E-state index contributed by atoms with van der Waals surface area (Å²) >= 11 is 0. The van der Waals surface area contributed by atoms with Crippen LogP contribution >= 0.6 is 12.4 Å². The van der Waals surface area contributed by atoms with Crippen molar-refractivity contribution in [1.82, 2.24) is 4.98 Å². The molecule has 3 nitrogen and oxygen atoms in total. The number of nitrogens with zero attached hydrogens (tertiary/aromatic N) is 2. The van der Waals surface area contributed by atoms with Crippen LogP contribution in [0.15, 0.2) is 17.1 Å². The fourth-order valence-electron chi connectivity index (χ4n) is 1.18. The monoisotopic (exact) mass is 183 g/mol. The number of nitrogens with two attached hydrogens (primary N) is 1. The minimum Gasteiger partial charge on any atom is -0.384 e. The van der Waals surface area contributed by atoms with Gasteiger partial charge in [-0.15, -0.1) is 12.4 Å². The topological polar surface area (TPSA) is 51.3 Å². The van der Waals surface area contributed by atoms with E-state index in [0.717, 1.165) is 24.2 Å². The second kappa shape index (κ2) is 3.54. The van der Waals surface area contributed by atoms with Crippen molar-refractivity contribution in [3.63, 3.8) is 0 Å². The Bertz CT molecular complexity index is 309. The summed E-state index contributed by atoms with van der Waals surface area (Å²) in [5.41, 5.74) is 7.70. The highest BCUT2D eigenvalue weighted by atomic mass is 35.5. The Morgan fingerprint density at radius 3 is 3.00 bits per heavy atom. The van der Waals surface area contributed by atoms with Gasteiger partial charge >= 0.3 is 0 Å². The van der Waals surface area contributed by atoms with Crippen LogP contribution in [-0.4, -0.2) is 17.7 Å². The quantitative estimate of drug-likeness (QED) is 0.654. The molecule has 0 saturated heterocycles. The fourth-order valence-corrected chi connectivity index (χ4v) is 1.18. The van der Waals surface area contributed by atoms with Crippen molar-refractivity contribution in [3.05, 3.63) is 23.4 Å². The van der Waals surface area contributed by atoms with Crippen LogP contribution in [0.2, 0.25) is 0 Å². The van der Waals surface area contributed by atoms with Crippen molar-refractivity contribution in [2.24, 2.45) is 4.99 Å². The molecule has 0 unspecified atom stereocenters. The number of hydrogen-bond donors (Lipinski definition) is 1. The number of aromatic nitrogens is 1. The standard InChI is InChI=1S/C8H9N3.ClH/c9-8-2-1-6-5-10-4-3-7(6)11-8;/h1-2,5H,3-4H2,(H2,9,11);1H. The van der Waals surface area contributed by atoms with Crippen LogP contribution in [-0.2, 0) is 6.42 Å². The van der Waals surface area contributed by atoms with Gasteiger partial charge in [0.1, 0.15) is 5.82 Å². The molecule has 0 aliphatic carbocycles. The molecule has 2 heterocycles. The van der Waals surface area contributed by atoms with Gasteiger partial charge in [0.2, 0.25) is 0 Å². The second-order valence-corrected chi connectivity index (χ2v) is 2.56. The minimum absolute atomic E-state index is 0. The van der Waals surface area contributed by atoms with Gasteiger partial charge < -0.3 is 5.73 Å². The molecule has 4 heteroatoms. The van der Waals surface area contributed by atoms with Gasteiger partial charge in [-0.05, 0) is 12.1 Å². The van der Waals surface area contributed by atoms with E-state index in [1.54, 1.807) is 6.07 Å². The Morgan fingerprint density at radius 2 is 2.17 bits per heavy atom. The van der Waals surface area contributed by atoms with Crippen LogP contribution in [0.5, 0.6) is 0 Å². The molecule has 0 fully saturated rings. The van der Waals surface area contributed by atoms with Crippen molar-refractivity contribution in [3.8, 4) is 0 Å². The molecule has 1 aliphatic heterocycles. The van der Waals surface area contributed by atoms with Crippen LogP contribution in [0, 0.1) is 0 Å². The highest BCUT2D eigenvalue weighted by molar-refractivity contribution is 5.85. The minimum atomic E-state index is 0. The molecule has 0 saturated carbocycles. The zero-order chi connectivity index (χ0) is 7.68. The number of fused-ring (bicyclic) bond motifs is 1. The third kappa shape index (κ3) is 1.56. The molecular formula is C8H10ClN3. The van der Waals surface area contributed by atoms with Gasteiger partial charge in [-0.25, -0.2) is 4.98 Å². The predicted octanol–water partition coefficient (Wildman–Crippen LogP) is 1.06. The maximum Gasteiger partial charge on any atom is 0.123 e. The molecule has 12 heavy (non-hydrogen) atoms. The maximum atomic E-state index is 5.53. The molecule has 0 aromatic carbocycles. The number of aliphatic imine (C=N–C) groups is 1. The van der Waals surface area contributed by atoms with Gasteiger partial charge in [-0.1, -0.05) is 0 Å². The van der Waals surface area contributed by atoms with Crippen LogP contribution in [0.4, 0.5) is 5.82 Å². The summed E-state index contributed by atoms with van der Waals surface area (Å²) in [6.45, 7) is 0.837. The zero-order valence-electron chi connectivity index (χ0n) is 6.53. The van der Waals surface area contributed by atoms with Crippen LogP contribution in [0.3, 0.4) is 0 Å². The Hall–Kier alpha value is -1.09. The molecule has 0 amide bonds. The molecular weight excluding hydrogens is 174 g/mol. The first-order valence-electron chi connectivity index (χ1n) is 3.61. The van der Waals surface area contributed by atoms with Crippen molar-refractivity contribution < 1.29 is 0 Å². The van der Waals surface area contributed by atoms with Crippen molar-refractivity contribution in [2.45, 2.75) is 6.42 Å². The predicted molar refractivity (Wildman–Crippen MR) is 52.1 cm³/mol. The van der Waals surface area contributed by atoms with E-state index in [1.807, 2.05) is 12.3 Å². The van der Waals surface area contributed by atoms with Crippen molar-refractivity contribution in [2.75, 3.05) is 12.3 Å². The summed E-state index contributed by atoms with van der Waals surface area (Å²) < 4.78 is 0. The zero-order valence-corrected chi connectivity index (χ0v) is 7.34. The number of halogens is 1. The van der Waals surface area contributed by atoms with E-state index >= 15 is 0 Å². The Balaban J connectivity index is 0.000000720. The highest BCUT2D eigenvalue weighted by Gasteiger charge is 2.05. The lowest BCUT2D eigenvalue weighted by Gasteiger charge is -2.07. The average Bonchev–Trinajstić information content (AvgIpc) is 2.04. The molecule has 0 bridgehead atoms. The first kappa shape index (κ1) is 9.00. The molecule has 2 rings (SSSR count). The van der Waals surface area contributed by atoms with E-state index in [0.29, 0.717) is 5.82 Å². The van der Waals surface area contributed by atoms with Gasteiger partial charge in [0.25, 0.3) is 0 Å². The first-order valence-corrected chi connectivity index (χ1v) is 3.61. The average molecular weight is 184 g/mol. The van der Waals surface area contributed by atoms with Crippen molar-refractivity contribution >= 4 is 24.4 Å². The summed E-state index contributed by atoms with van der Waals surface area (Å²) in [6.07, 6.45) is 2.77. The van der Waals surface area contributed by atoms with Crippen molar-refractivity contribution in [1.29, 1.82) is 0 Å². The summed E-state index contributed by atoms with van der Waals surface area (Å²) in [4.78, 5) is 8.34. The smallest absolute Gasteiger partial charge is 0.123 e. The molecule has 0 spiro atoms. The molecule has 0 atom stereocenters. The molecule has 64 valence electrons. The van der Waals surface area contributed by atoms with Gasteiger partial charge in [0, 0.05) is 24.7 Å². The summed E-state index contributed by atoms with van der Waals surface area (Å²) in [7, 11) is 0. The number of rotatable bonds is 0. The first-order chi connectivity index (χ1) is 5.36. The van der Waals surface area contributed by atoms with E-state index in [-0.39, 0.29) is 12.4 Å². The number of pyridine rings is 1. The third-order valence-corrected chi connectivity index (χ3v) is 1.74. The SMILES string of the molecule is Cl.Nc1ccc2c(n1)CCN=C2. The Labute approximate surface area is 77.1 Å². The summed E-state index contributed by atoms with van der Waals surface area (Å²) in [5.74, 6) is 0.596. The summed E-state index contributed by atoms with van der Waals surface area (Å²) in [6, 6.07) is 3.76. The lowest BCUT2D eigenvalue weighted by molar-refractivity contribution is 0.908. The lowest BCUT2D eigenvalue weighted by atomic mass is 10.1. The molecule has 1 aromatic rings. The largest absolute Gasteiger partial charge is 0.384 e. The number of nitrogen functional groups attached to an aromatic ring is 1.